The SMILES string of the molecule is N#Cc1cc(C(F)(F)F)ccc1NCCc1nc2ccc(F)cc2[nH]1. The number of fused-ring (bicyclic) bond motifs is 1. The molecular formula is C17H12F4N4. The third kappa shape index (κ3) is 3.71. The maximum absolute atomic E-state index is 13.1. The zero-order chi connectivity index (χ0) is 18.0. The molecule has 25 heavy (non-hydrogen) atoms. The molecule has 0 saturated carbocycles. The van der Waals surface area contributed by atoms with Crippen LogP contribution in [0.15, 0.2) is 36.4 Å². The molecule has 128 valence electrons. The molecule has 0 aliphatic heterocycles. The lowest BCUT2D eigenvalue weighted by Crippen LogP contribution is -2.09. The van der Waals surface area contributed by atoms with Gasteiger partial charge in [0, 0.05) is 13.0 Å². The van der Waals surface area contributed by atoms with E-state index in [1.54, 1.807) is 12.1 Å². The number of benzene rings is 2. The predicted octanol–water partition coefficient (Wildman–Crippen LogP) is 4.25. The van der Waals surface area contributed by atoms with Gasteiger partial charge in [0.1, 0.15) is 17.7 Å². The molecular weight excluding hydrogens is 336 g/mol. The summed E-state index contributed by atoms with van der Waals surface area (Å²) in [5.41, 5.74) is 0.568. The Hall–Kier alpha value is -3.08. The van der Waals surface area contributed by atoms with Crippen molar-refractivity contribution in [2.24, 2.45) is 0 Å². The molecule has 3 rings (SSSR count). The van der Waals surface area contributed by atoms with E-state index in [0.717, 1.165) is 12.1 Å². The Kier molecular flexibility index (Phi) is 4.31. The lowest BCUT2D eigenvalue weighted by Gasteiger charge is -2.11. The van der Waals surface area contributed by atoms with Crippen molar-refractivity contribution in [2.45, 2.75) is 12.6 Å². The van der Waals surface area contributed by atoms with Gasteiger partial charge in [0.25, 0.3) is 0 Å². The van der Waals surface area contributed by atoms with E-state index in [-0.39, 0.29) is 11.4 Å². The standard InChI is InChI=1S/C17H12F4N4/c18-12-2-4-14-15(8-12)25-16(24-14)5-6-23-13-3-1-11(17(19,20)21)7-10(13)9-22/h1-4,7-8,23H,5-6H2,(H,24,25). The molecule has 4 nitrogen and oxygen atoms in total. The molecule has 0 spiro atoms. The first-order valence-electron chi connectivity index (χ1n) is 7.36. The molecule has 1 aromatic heterocycles. The lowest BCUT2D eigenvalue weighted by molar-refractivity contribution is -0.137. The summed E-state index contributed by atoms with van der Waals surface area (Å²) in [4.78, 5) is 7.27. The molecule has 0 unspecified atom stereocenters. The summed E-state index contributed by atoms with van der Waals surface area (Å²) in [6, 6.07) is 8.93. The number of aromatic nitrogens is 2. The van der Waals surface area contributed by atoms with Crippen molar-refractivity contribution in [1.29, 1.82) is 5.26 Å². The van der Waals surface area contributed by atoms with Crippen LogP contribution in [0.5, 0.6) is 0 Å². The molecule has 0 aliphatic rings. The van der Waals surface area contributed by atoms with Crippen LogP contribution in [-0.4, -0.2) is 16.5 Å². The minimum absolute atomic E-state index is 0.0819. The number of hydrogen-bond acceptors (Lipinski definition) is 3. The van der Waals surface area contributed by atoms with Crippen LogP contribution in [0.3, 0.4) is 0 Å². The van der Waals surface area contributed by atoms with Crippen molar-refractivity contribution >= 4 is 16.7 Å². The van der Waals surface area contributed by atoms with E-state index in [0.29, 0.717) is 35.5 Å². The number of anilines is 1. The third-order valence-corrected chi connectivity index (χ3v) is 3.64. The van der Waals surface area contributed by atoms with E-state index < -0.39 is 11.7 Å². The number of nitrogens with zero attached hydrogens (tertiary/aromatic N) is 2. The van der Waals surface area contributed by atoms with Crippen LogP contribution >= 0.6 is 0 Å². The number of halogens is 4. The fourth-order valence-electron chi connectivity index (χ4n) is 2.44. The minimum Gasteiger partial charge on any atom is -0.384 e. The average molecular weight is 348 g/mol. The van der Waals surface area contributed by atoms with Crippen LogP contribution in [0.4, 0.5) is 23.2 Å². The maximum atomic E-state index is 13.1. The number of nitriles is 1. The molecule has 0 atom stereocenters. The summed E-state index contributed by atoms with van der Waals surface area (Å²) in [7, 11) is 0. The zero-order valence-corrected chi connectivity index (χ0v) is 12.8. The molecule has 2 N–H and O–H groups in total. The molecule has 0 bridgehead atoms. The molecule has 2 aromatic carbocycles. The Balaban J connectivity index is 1.69. The topological polar surface area (TPSA) is 64.5 Å². The van der Waals surface area contributed by atoms with Crippen LogP contribution < -0.4 is 5.32 Å². The fourth-order valence-corrected chi connectivity index (χ4v) is 2.44. The van der Waals surface area contributed by atoms with E-state index in [1.165, 1.54) is 18.2 Å². The molecule has 0 fully saturated rings. The Morgan fingerprint density at radius 1 is 1.16 bits per heavy atom. The summed E-state index contributed by atoms with van der Waals surface area (Å²) in [5.74, 6) is 0.239. The number of nitrogens with one attached hydrogen (secondary N) is 2. The van der Waals surface area contributed by atoms with E-state index in [9.17, 15) is 17.6 Å². The molecule has 1 heterocycles. The molecule has 0 radical (unpaired) electrons. The average Bonchev–Trinajstić information content (AvgIpc) is 2.95. The third-order valence-electron chi connectivity index (χ3n) is 3.64. The molecule has 0 saturated heterocycles. The fraction of sp³-hybridized carbons (Fsp3) is 0.176. The zero-order valence-electron chi connectivity index (χ0n) is 12.8. The van der Waals surface area contributed by atoms with Gasteiger partial charge in [-0.1, -0.05) is 0 Å². The van der Waals surface area contributed by atoms with Gasteiger partial charge in [-0.3, -0.25) is 0 Å². The quantitative estimate of drug-likeness (QED) is 0.693. The summed E-state index contributed by atoms with van der Waals surface area (Å²) >= 11 is 0. The highest BCUT2D eigenvalue weighted by atomic mass is 19.4. The van der Waals surface area contributed by atoms with Crippen molar-refractivity contribution in [3.8, 4) is 6.07 Å². The Bertz CT molecular complexity index is 953. The largest absolute Gasteiger partial charge is 0.416 e. The predicted molar refractivity (Wildman–Crippen MR) is 84.4 cm³/mol. The molecule has 3 aromatic rings. The van der Waals surface area contributed by atoms with E-state index >= 15 is 0 Å². The first-order valence-corrected chi connectivity index (χ1v) is 7.36. The number of H-pyrrole nitrogens is 1. The van der Waals surface area contributed by atoms with Gasteiger partial charge in [0.05, 0.1) is 27.8 Å². The summed E-state index contributed by atoms with van der Waals surface area (Å²) in [6.07, 6.45) is -4.06. The van der Waals surface area contributed by atoms with Gasteiger partial charge >= 0.3 is 6.18 Å². The van der Waals surface area contributed by atoms with E-state index in [2.05, 4.69) is 15.3 Å². The van der Waals surface area contributed by atoms with E-state index in [4.69, 9.17) is 5.26 Å². The van der Waals surface area contributed by atoms with Gasteiger partial charge in [0.2, 0.25) is 0 Å². The first kappa shape index (κ1) is 16.8. The van der Waals surface area contributed by atoms with Gasteiger partial charge in [-0.05, 0) is 36.4 Å². The van der Waals surface area contributed by atoms with Gasteiger partial charge in [-0.2, -0.15) is 18.4 Å². The number of imidazole rings is 1. The normalized spacial score (nSPS) is 11.5. The highest BCUT2D eigenvalue weighted by Gasteiger charge is 2.31. The Labute approximate surface area is 140 Å². The van der Waals surface area contributed by atoms with Crippen molar-refractivity contribution < 1.29 is 17.6 Å². The van der Waals surface area contributed by atoms with Crippen molar-refractivity contribution in [3.05, 3.63) is 59.2 Å². The van der Waals surface area contributed by atoms with Crippen LogP contribution in [0.1, 0.15) is 17.0 Å². The van der Waals surface area contributed by atoms with Crippen LogP contribution in [-0.2, 0) is 12.6 Å². The van der Waals surface area contributed by atoms with Crippen molar-refractivity contribution in [1.82, 2.24) is 9.97 Å². The van der Waals surface area contributed by atoms with Gasteiger partial charge in [-0.25, -0.2) is 9.37 Å². The summed E-state index contributed by atoms with van der Waals surface area (Å²) < 4.78 is 51.2. The van der Waals surface area contributed by atoms with E-state index in [1.807, 2.05) is 0 Å². The second-order valence-electron chi connectivity index (χ2n) is 5.39. The minimum atomic E-state index is -4.49. The molecule has 8 heteroatoms. The number of rotatable bonds is 4. The lowest BCUT2D eigenvalue weighted by atomic mass is 10.1. The van der Waals surface area contributed by atoms with Gasteiger partial charge in [0.15, 0.2) is 0 Å². The van der Waals surface area contributed by atoms with Gasteiger partial charge < -0.3 is 10.3 Å². The molecule has 0 amide bonds. The van der Waals surface area contributed by atoms with Crippen molar-refractivity contribution in [3.63, 3.8) is 0 Å². The van der Waals surface area contributed by atoms with Crippen LogP contribution in [0.25, 0.3) is 11.0 Å². The number of alkyl halides is 3. The summed E-state index contributed by atoms with van der Waals surface area (Å²) in [6.45, 7) is 0.350. The number of hydrogen-bond donors (Lipinski definition) is 2. The maximum Gasteiger partial charge on any atom is 0.416 e. The first-order chi connectivity index (χ1) is 11.9. The monoisotopic (exact) mass is 348 g/mol. The highest BCUT2D eigenvalue weighted by Crippen LogP contribution is 2.31. The molecule has 0 aliphatic carbocycles. The highest BCUT2D eigenvalue weighted by molar-refractivity contribution is 5.74. The Morgan fingerprint density at radius 3 is 2.68 bits per heavy atom. The smallest absolute Gasteiger partial charge is 0.384 e. The second kappa shape index (κ2) is 6.43. The number of aromatic amines is 1. The summed E-state index contributed by atoms with van der Waals surface area (Å²) in [5, 5.41) is 12.0. The second-order valence-corrected chi connectivity index (χ2v) is 5.39. The van der Waals surface area contributed by atoms with Gasteiger partial charge in [-0.15, -0.1) is 0 Å². The van der Waals surface area contributed by atoms with Crippen LogP contribution in [0.2, 0.25) is 0 Å². The van der Waals surface area contributed by atoms with Crippen LogP contribution in [0, 0.1) is 17.1 Å². The Morgan fingerprint density at radius 2 is 1.96 bits per heavy atom. The van der Waals surface area contributed by atoms with Crippen molar-refractivity contribution in [2.75, 3.05) is 11.9 Å².